The Kier molecular flexibility index (Phi) is 7.78. The number of hydrogen-bond acceptors (Lipinski definition) is 4. The second kappa shape index (κ2) is 13.6. The van der Waals surface area contributed by atoms with E-state index in [1.807, 2.05) is 6.07 Å². The van der Waals surface area contributed by atoms with Crippen LogP contribution in [0.15, 0.2) is 205 Å². The van der Waals surface area contributed by atoms with E-state index in [0.717, 1.165) is 71.7 Å². The van der Waals surface area contributed by atoms with Crippen LogP contribution in [0, 0.1) is 0 Å². The van der Waals surface area contributed by atoms with Crippen molar-refractivity contribution in [3.05, 3.63) is 200 Å². The molecule has 0 unspecified atom stereocenters. The zero-order chi connectivity index (χ0) is 37.7. The van der Waals surface area contributed by atoms with Crippen molar-refractivity contribution in [2.24, 2.45) is 0 Å². The van der Waals surface area contributed by atoms with Crippen molar-refractivity contribution < 1.29 is 4.42 Å². The number of benzene rings is 9. The van der Waals surface area contributed by atoms with E-state index in [1.54, 1.807) is 0 Å². The van der Waals surface area contributed by atoms with Crippen LogP contribution in [0.3, 0.4) is 0 Å². The van der Waals surface area contributed by atoms with Gasteiger partial charge in [-0.25, -0.2) is 15.0 Å². The highest BCUT2D eigenvalue weighted by atomic mass is 16.3. The van der Waals surface area contributed by atoms with Crippen LogP contribution in [-0.2, 0) is 0 Å². The molecular formula is C53H33N3O. The van der Waals surface area contributed by atoms with Gasteiger partial charge in [-0.15, -0.1) is 0 Å². The summed E-state index contributed by atoms with van der Waals surface area (Å²) in [6.45, 7) is 0. The van der Waals surface area contributed by atoms with E-state index in [2.05, 4.69) is 194 Å². The van der Waals surface area contributed by atoms with Crippen molar-refractivity contribution in [2.45, 2.75) is 0 Å². The van der Waals surface area contributed by atoms with Crippen LogP contribution in [-0.4, -0.2) is 15.0 Å². The average molecular weight is 728 g/mol. The predicted molar refractivity (Wildman–Crippen MR) is 235 cm³/mol. The third-order valence-corrected chi connectivity index (χ3v) is 10.9. The molecule has 0 aliphatic rings. The molecule has 0 N–H and O–H groups in total. The van der Waals surface area contributed by atoms with E-state index in [4.69, 9.17) is 19.4 Å². The second-order valence-electron chi connectivity index (χ2n) is 14.4. The molecule has 57 heavy (non-hydrogen) atoms. The maximum absolute atomic E-state index is 6.74. The Morgan fingerprint density at radius 1 is 0.298 bits per heavy atom. The topological polar surface area (TPSA) is 51.8 Å². The van der Waals surface area contributed by atoms with Gasteiger partial charge in [0.05, 0.1) is 0 Å². The van der Waals surface area contributed by atoms with Gasteiger partial charge >= 0.3 is 0 Å². The molecule has 0 radical (unpaired) electrons. The number of nitrogens with zero attached hydrogens (tertiary/aromatic N) is 3. The monoisotopic (exact) mass is 727 g/mol. The highest BCUT2D eigenvalue weighted by Gasteiger charge is 2.20. The molecule has 9 aromatic carbocycles. The summed E-state index contributed by atoms with van der Waals surface area (Å²) in [5.74, 6) is 1.85. The first kappa shape index (κ1) is 32.7. The molecule has 11 rings (SSSR count). The summed E-state index contributed by atoms with van der Waals surface area (Å²) in [5.41, 5.74) is 11.1. The van der Waals surface area contributed by atoms with Gasteiger partial charge in [0.15, 0.2) is 17.5 Å². The van der Waals surface area contributed by atoms with Crippen LogP contribution in [0.5, 0.6) is 0 Å². The first-order valence-electron chi connectivity index (χ1n) is 19.2. The maximum Gasteiger partial charge on any atom is 0.164 e. The lowest BCUT2D eigenvalue weighted by Crippen LogP contribution is -2.01. The Hall–Kier alpha value is -7.69. The SMILES string of the molecule is c1ccc(-c2ccc(-c3cccc4c3oc3cccc(-c5ccccc5-c5nc(-c6ccc7ccccc7c6)nc(-c6ccc7ccccc7c6)n5)c34)cc2)cc1. The van der Waals surface area contributed by atoms with Gasteiger partial charge in [-0.05, 0) is 67.6 Å². The lowest BCUT2D eigenvalue weighted by atomic mass is 9.94. The summed E-state index contributed by atoms with van der Waals surface area (Å²) < 4.78 is 6.74. The van der Waals surface area contributed by atoms with E-state index in [9.17, 15) is 0 Å². The minimum Gasteiger partial charge on any atom is -0.455 e. The van der Waals surface area contributed by atoms with Gasteiger partial charge in [0, 0.05) is 33.0 Å². The summed E-state index contributed by atoms with van der Waals surface area (Å²) >= 11 is 0. The minimum atomic E-state index is 0.607. The summed E-state index contributed by atoms with van der Waals surface area (Å²) in [5, 5.41) is 6.72. The van der Waals surface area contributed by atoms with E-state index in [0.29, 0.717) is 17.5 Å². The second-order valence-corrected chi connectivity index (χ2v) is 14.4. The number of fused-ring (bicyclic) bond motifs is 5. The van der Waals surface area contributed by atoms with Gasteiger partial charge in [-0.2, -0.15) is 0 Å². The van der Waals surface area contributed by atoms with Gasteiger partial charge in [0.25, 0.3) is 0 Å². The van der Waals surface area contributed by atoms with Crippen LogP contribution < -0.4 is 0 Å². The number of para-hydroxylation sites is 1. The van der Waals surface area contributed by atoms with Crippen molar-refractivity contribution in [3.8, 4) is 67.5 Å². The number of aromatic nitrogens is 3. The molecule has 0 saturated heterocycles. The molecule has 4 nitrogen and oxygen atoms in total. The summed E-state index contributed by atoms with van der Waals surface area (Å²) in [6.07, 6.45) is 0. The highest BCUT2D eigenvalue weighted by molar-refractivity contribution is 6.16. The van der Waals surface area contributed by atoms with Crippen molar-refractivity contribution in [2.75, 3.05) is 0 Å². The largest absolute Gasteiger partial charge is 0.455 e. The molecule has 4 heteroatoms. The van der Waals surface area contributed by atoms with Crippen molar-refractivity contribution >= 4 is 43.5 Å². The third-order valence-electron chi connectivity index (χ3n) is 10.9. The van der Waals surface area contributed by atoms with Gasteiger partial charge in [0.2, 0.25) is 0 Å². The molecule has 0 atom stereocenters. The molecule has 0 amide bonds. The van der Waals surface area contributed by atoms with Crippen LogP contribution in [0.2, 0.25) is 0 Å². The molecule has 266 valence electrons. The number of rotatable bonds is 6. The van der Waals surface area contributed by atoms with Gasteiger partial charge in [-0.1, -0.05) is 182 Å². The van der Waals surface area contributed by atoms with E-state index in [1.165, 1.54) is 21.9 Å². The molecule has 2 heterocycles. The summed E-state index contributed by atoms with van der Waals surface area (Å²) in [7, 11) is 0. The Bertz CT molecular complexity index is 3200. The molecular weight excluding hydrogens is 695 g/mol. The van der Waals surface area contributed by atoms with Crippen molar-refractivity contribution in [3.63, 3.8) is 0 Å². The Morgan fingerprint density at radius 2 is 0.789 bits per heavy atom. The van der Waals surface area contributed by atoms with Crippen LogP contribution in [0.4, 0.5) is 0 Å². The summed E-state index contributed by atoms with van der Waals surface area (Å²) in [4.78, 5) is 15.6. The fourth-order valence-corrected chi connectivity index (χ4v) is 8.10. The van der Waals surface area contributed by atoms with Crippen LogP contribution in [0.1, 0.15) is 0 Å². The Labute approximate surface area is 329 Å². The van der Waals surface area contributed by atoms with Gasteiger partial charge < -0.3 is 4.42 Å². The fraction of sp³-hybridized carbons (Fsp3) is 0. The molecule has 0 aliphatic heterocycles. The molecule has 2 aromatic heterocycles. The van der Waals surface area contributed by atoms with Crippen LogP contribution in [0.25, 0.3) is 111 Å². The molecule has 0 aliphatic carbocycles. The lowest BCUT2D eigenvalue weighted by Gasteiger charge is -2.13. The van der Waals surface area contributed by atoms with E-state index >= 15 is 0 Å². The highest BCUT2D eigenvalue weighted by Crippen LogP contribution is 2.43. The Balaban J connectivity index is 1.08. The van der Waals surface area contributed by atoms with Crippen molar-refractivity contribution in [1.29, 1.82) is 0 Å². The minimum absolute atomic E-state index is 0.607. The average Bonchev–Trinajstić information content (AvgIpc) is 3.68. The Morgan fingerprint density at radius 3 is 1.47 bits per heavy atom. The lowest BCUT2D eigenvalue weighted by molar-refractivity contribution is 0.670. The molecule has 0 saturated carbocycles. The van der Waals surface area contributed by atoms with E-state index in [-0.39, 0.29) is 0 Å². The number of furan rings is 1. The first-order chi connectivity index (χ1) is 28.2. The molecule has 0 spiro atoms. The maximum atomic E-state index is 6.74. The smallest absolute Gasteiger partial charge is 0.164 e. The zero-order valence-corrected chi connectivity index (χ0v) is 30.8. The number of hydrogen-bond donors (Lipinski definition) is 0. The molecule has 11 aromatic rings. The van der Waals surface area contributed by atoms with Gasteiger partial charge in [-0.3, -0.25) is 0 Å². The summed E-state index contributed by atoms with van der Waals surface area (Å²) in [6, 6.07) is 69.9. The first-order valence-corrected chi connectivity index (χ1v) is 19.2. The zero-order valence-electron chi connectivity index (χ0n) is 30.8. The van der Waals surface area contributed by atoms with Crippen molar-refractivity contribution in [1.82, 2.24) is 15.0 Å². The third kappa shape index (κ3) is 5.83. The van der Waals surface area contributed by atoms with Crippen LogP contribution >= 0.6 is 0 Å². The van der Waals surface area contributed by atoms with Gasteiger partial charge in [0.1, 0.15) is 11.2 Å². The molecule has 0 fully saturated rings. The molecule has 0 bridgehead atoms. The predicted octanol–water partition coefficient (Wildman–Crippen LogP) is 14.1. The quantitative estimate of drug-likeness (QED) is 0.171. The fourth-order valence-electron chi connectivity index (χ4n) is 8.10. The van der Waals surface area contributed by atoms with E-state index < -0.39 is 0 Å². The normalized spacial score (nSPS) is 11.5. The standard InChI is InChI=1S/C53H33N3O/c1-2-12-34(13-3-1)37-24-28-38(29-25-37)43-20-10-22-47-49-45(21-11-23-48(49)57-50(43)47)44-18-8-9-19-46(44)53-55-51(41-30-26-35-14-4-6-16-39(35)32-41)54-52(56-53)42-31-27-36-15-5-7-17-40(36)33-42/h1-33H.